The molecule has 2 aliphatic rings. The Labute approximate surface area is 187 Å². The number of hydrogen-bond donors (Lipinski definition) is 1. The first-order valence-electron chi connectivity index (χ1n) is 11.0. The molecule has 0 atom stereocenters. The second kappa shape index (κ2) is 9.16. The fourth-order valence-electron chi connectivity index (χ4n) is 4.52. The monoisotopic (exact) mass is 438 g/mol. The summed E-state index contributed by atoms with van der Waals surface area (Å²) >= 11 is 0. The molecule has 2 aliphatic heterocycles. The van der Waals surface area contributed by atoms with Crippen molar-refractivity contribution in [3.8, 4) is 5.75 Å². The summed E-state index contributed by atoms with van der Waals surface area (Å²) < 4.78 is 7.15. The molecule has 1 saturated heterocycles. The molecular weight excluding hydrogens is 408 g/mol. The number of aryl methyl sites for hydroxylation is 2. The molecule has 0 bridgehead atoms. The minimum Gasteiger partial charge on any atom is -0.496 e. The van der Waals surface area contributed by atoms with Crippen molar-refractivity contribution in [2.24, 2.45) is 0 Å². The Hall–Kier alpha value is -3.13. The number of benzene rings is 1. The highest BCUT2D eigenvalue weighted by Gasteiger charge is 2.30. The van der Waals surface area contributed by atoms with E-state index in [4.69, 9.17) is 4.74 Å². The molecule has 32 heavy (non-hydrogen) atoms. The van der Waals surface area contributed by atoms with Crippen LogP contribution < -0.4 is 15.6 Å². The molecule has 0 aliphatic carbocycles. The third kappa shape index (κ3) is 4.41. The maximum atomic E-state index is 13.4. The highest BCUT2D eigenvalue weighted by molar-refractivity contribution is 6.00. The first kappa shape index (κ1) is 22.1. The van der Waals surface area contributed by atoms with Crippen molar-refractivity contribution in [1.82, 2.24) is 19.7 Å². The molecule has 2 amide bonds. The molecule has 3 heterocycles. The third-order valence-electron chi connectivity index (χ3n) is 6.34. The normalized spacial score (nSPS) is 16.8. The Morgan fingerprint density at radius 3 is 2.66 bits per heavy atom. The number of nitrogens with one attached hydrogen (secondary N) is 1. The van der Waals surface area contributed by atoms with Crippen molar-refractivity contribution in [3.05, 3.63) is 62.6 Å². The molecule has 0 unspecified atom stereocenters. The van der Waals surface area contributed by atoms with Crippen LogP contribution in [0.25, 0.3) is 0 Å². The van der Waals surface area contributed by atoms with Crippen LogP contribution in [-0.4, -0.2) is 66.0 Å². The average Bonchev–Trinajstić information content (AvgIpc) is 2.99. The van der Waals surface area contributed by atoms with Gasteiger partial charge in [-0.1, -0.05) is 23.8 Å². The molecule has 2 aromatic rings. The summed E-state index contributed by atoms with van der Waals surface area (Å²) in [4.78, 5) is 41.9. The summed E-state index contributed by atoms with van der Waals surface area (Å²) in [5.41, 5.74) is 4.66. The van der Waals surface area contributed by atoms with Crippen LogP contribution in [0.1, 0.15) is 32.7 Å². The van der Waals surface area contributed by atoms with Crippen LogP contribution in [0.5, 0.6) is 5.75 Å². The zero-order chi connectivity index (χ0) is 22.8. The Bertz CT molecular complexity index is 1110. The van der Waals surface area contributed by atoms with Gasteiger partial charge in [0.25, 0.3) is 11.5 Å². The molecule has 8 heteroatoms. The van der Waals surface area contributed by atoms with Crippen molar-refractivity contribution in [1.29, 1.82) is 0 Å². The van der Waals surface area contributed by atoms with Gasteiger partial charge >= 0.3 is 0 Å². The maximum absolute atomic E-state index is 13.4. The number of amides is 2. The van der Waals surface area contributed by atoms with Gasteiger partial charge in [0.2, 0.25) is 5.91 Å². The highest BCUT2D eigenvalue weighted by Crippen LogP contribution is 2.25. The SMILES string of the molecule is COc1cc(=O)n2c(c1C(=O)N1CCNC(=O)C1)CCN(Cc1cc(C)ccc1C)CC2. The fraction of sp³-hybridized carbons (Fsp3) is 0.458. The van der Waals surface area contributed by atoms with E-state index < -0.39 is 0 Å². The number of rotatable bonds is 4. The molecule has 170 valence electrons. The van der Waals surface area contributed by atoms with Gasteiger partial charge in [-0.3, -0.25) is 19.3 Å². The number of carbonyl (C=O) groups excluding carboxylic acids is 2. The third-order valence-corrected chi connectivity index (χ3v) is 6.34. The topological polar surface area (TPSA) is 83.9 Å². The fourth-order valence-corrected chi connectivity index (χ4v) is 4.52. The predicted octanol–water partition coefficient (Wildman–Crippen LogP) is 1.10. The molecule has 1 N–H and O–H groups in total. The van der Waals surface area contributed by atoms with Gasteiger partial charge in [-0.25, -0.2) is 0 Å². The Morgan fingerprint density at radius 2 is 1.91 bits per heavy atom. The van der Waals surface area contributed by atoms with E-state index in [1.165, 1.54) is 34.8 Å². The van der Waals surface area contributed by atoms with E-state index in [0.29, 0.717) is 43.9 Å². The number of hydrogen-bond acceptors (Lipinski definition) is 5. The predicted molar refractivity (Wildman–Crippen MR) is 121 cm³/mol. The molecule has 1 aromatic heterocycles. The van der Waals surface area contributed by atoms with Gasteiger partial charge in [-0.05, 0) is 25.0 Å². The van der Waals surface area contributed by atoms with Crippen LogP contribution in [0.15, 0.2) is 29.1 Å². The van der Waals surface area contributed by atoms with Gasteiger partial charge in [0, 0.05) is 57.4 Å². The average molecular weight is 439 g/mol. The van der Waals surface area contributed by atoms with Gasteiger partial charge in [0.15, 0.2) is 0 Å². The number of pyridine rings is 1. The van der Waals surface area contributed by atoms with E-state index in [1.807, 2.05) is 0 Å². The number of fused-ring (bicyclic) bond motifs is 1. The summed E-state index contributed by atoms with van der Waals surface area (Å²) in [5.74, 6) is -0.161. The number of aromatic nitrogens is 1. The molecule has 0 spiro atoms. The van der Waals surface area contributed by atoms with Crippen LogP contribution >= 0.6 is 0 Å². The molecule has 4 rings (SSSR count). The van der Waals surface area contributed by atoms with E-state index in [-0.39, 0.29) is 29.7 Å². The molecule has 8 nitrogen and oxygen atoms in total. The minimum absolute atomic E-state index is 0.0132. The summed E-state index contributed by atoms with van der Waals surface area (Å²) in [6.45, 7) is 7.81. The number of methoxy groups -OCH3 is 1. The van der Waals surface area contributed by atoms with Crippen molar-refractivity contribution < 1.29 is 14.3 Å². The van der Waals surface area contributed by atoms with E-state index in [9.17, 15) is 14.4 Å². The van der Waals surface area contributed by atoms with E-state index in [1.54, 1.807) is 4.57 Å². The molecule has 0 saturated carbocycles. The lowest BCUT2D eigenvalue weighted by Gasteiger charge is -2.28. The largest absolute Gasteiger partial charge is 0.496 e. The van der Waals surface area contributed by atoms with Crippen molar-refractivity contribution in [2.75, 3.05) is 39.8 Å². The van der Waals surface area contributed by atoms with Crippen molar-refractivity contribution in [2.45, 2.75) is 33.4 Å². The standard InChI is InChI=1S/C24H30N4O4/c1-16-4-5-17(2)18(12-16)14-26-8-6-19-23(24(31)27-9-7-25-21(29)15-27)20(32-3)13-22(30)28(19)11-10-26/h4-5,12-13H,6-11,14-15H2,1-3H3,(H,25,29). The van der Waals surface area contributed by atoms with Crippen LogP contribution in [0.4, 0.5) is 0 Å². The van der Waals surface area contributed by atoms with Crippen LogP contribution in [-0.2, 0) is 24.3 Å². The highest BCUT2D eigenvalue weighted by atomic mass is 16.5. The second-order valence-corrected chi connectivity index (χ2v) is 8.56. The van der Waals surface area contributed by atoms with Gasteiger partial charge < -0.3 is 19.5 Å². The summed E-state index contributed by atoms with van der Waals surface area (Å²) in [6.07, 6.45) is 0.554. The molecule has 0 radical (unpaired) electrons. The first-order valence-corrected chi connectivity index (χ1v) is 11.0. The summed E-state index contributed by atoms with van der Waals surface area (Å²) in [5, 5.41) is 2.74. The smallest absolute Gasteiger partial charge is 0.259 e. The molecule has 1 fully saturated rings. The number of nitrogens with zero attached hydrogens (tertiary/aromatic N) is 3. The lowest BCUT2D eigenvalue weighted by Crippen LogP contribution is -2.50. The van der Waals surface area contributed by atoms with Crippen LogP contribution in [0, 0.1) is 13.8 Å². The molecular formula is C24H30N4O4. The van der Waals surface area contributed by atoms with E-state index in [0.717, 1.165) is 13.1 Å². The Kier molecular flexibility index (Phi) is 6.32. The number of ether oxygens (including phenoxy) is 1. The Balaban J connectivity index is 1.64. The van der Waals surface area contributed by atoms with E-state index in [2.05, 4.69) is 42.3 Å². The van der Waals surface area contributed by atoms with Gasteiger partial charge in [-0.2, -0.15) is 0 Å². The zero-order valence-electron chi connectivity index (χ0n) is 18.9. The van der Waals surface area contributed by atoms with Gasteiger partial charge in [0.1, 0.15) is 11.3 Å². The van der Waals surface area contributed by atoms with Crippen molar-refractivity contribution in [3.63, 3.8) is 0 Å². The molecule has 1 aromatic carbocycles. The lowest BCUT2D eigenvalue weighted by molar-refractivity contribution is -0.123. The zero-order valence-corrected chi connectivity index (χ0v) is 18.9. The summed E-state index contributed by atoms with van der Waals surface area (Å²) in [7, 11) is 1.47. The van der Waals surface area contributed by atoms with Crippen LogP contribution in [0.3, 0.4) is 0 Å². The van der Waals surface area contributed by atoms with E-state index >= 15 is 0 Å². The second-order valence-electron chi connectivity index (χ2n) is 8.56. The number of carbonyl (C=O) groups is 2. The maximum Gasteiger partial charge on any atom is 0.259 e. The van der Waals surface area contributed by atoms with Crippen LogP contribution in [0.2, 0.25) is 0 Å². The summed E-state index contributed by atoms with van der Waals surface area (Å²) in [6, 6.07) is 7.85. The number of piperazine rings is 1. The van der Waals surface area contributed by atoms with Gasteiger partial charge in [-0.15, -0.1) is 0 Å². The lowest BCUT2D eigenvalue weighted by atomic mass is 10.0. The quantitative estimate of drug-likeness (QED) is 0.773. The van der Waals surface area contributed by atoms with Gasteiger partial charge in [0.05, 0.1) is 13.7 Å². The minimum atomic E-state index is -0.261. The first-order chi connectivity index (χ1) is 15.4. The Morgan fingerprint density at radius 1 is 1.09 bits per heavy atom. The van der Waals surface area contributed by atoms with Crippen molar-refractivity contribution >= 4 is 11.8 Å².